The van der Waals surface area contributed by atoms with Crippen LogP contribution in [-0.2, 0) is 16.2 Å². The fourth-order valence-corrected chi connectivity index (χ4v) is 3.20. The van der Waals surface area contributed by atoms with Gasteiger partial charge in [0, 0.05) is 5.56 Å². The number of nitrogens with zero attached hydrogens (tertiary/aromatic N) is 1. The summed E-state index contributed by atoms with van der Waals surface area (Å²) in [4.78, 5) is 12.8. The number of nitrogen functional groups attached to an aromatic ring is 1. The highest BCUT2D eigenvalue weighted by Gasteiger charge is 2.28. The number of rotatable bonds is 8. The van der Waals surface area contributed by atoms with E-state index < -0.39 is 5.97 Å². The first-order valence-electron chi connectivity index (χ1n) is 9.17. The summed E-state index contributed by atoms with van der Waals surface area (Å²) in [6, 6.07) is 19.1. The van der Waals surface area contributed by atoms with Gasteiger partial charge in [0.15, 0.2) is 0 Å². The molecular formula is C22H24N2O4. The van der Waals surface area contributed by atoms with E-state index in [1.165, 1.54) is 0 Å². The van der Waals surface area contributed by atoms with Gasteiger partial charge in [-0.05, 0) is 12.5 Å². The van der Waals surface area contributed by atoms with Crippen molar-refractivity contribution in [3.05, 3.63) is 66.2 Å². The number of aliphatic hydroxyl groups excluding tert-OH is 1. The molecule has 6 heteroatoms. The fourth-order valence-electron chi connectivity index (χ4n) is 3.20. The highest BCUT2D eigenvalue weighted by Crippen LogP contribution is 2.40. The molecule has 3 aromatic rings. The van der Waals surface area contributed by atoms with Gasteiger partial charge < -0.3 is 24.9 Å². The van der Waals surface area contributed by atoms with Gasteiger partial charge in [-0.1, -0.05) is 60.7 Å². The molecule has 0 saturated heterocycles. The molecule has 3 rings (SSSR count). The molecule has 3 N–H and O–H groups in total. The average Bonchev–Trinajstić information content (AvgIpc) is 3.02. The number of anilines is 1. The van der Waals surface area contributed by atoms with E-state index in [2.05, 4.69) is 0 Å². The van der Waals surface area contributed by atoms with E-state index >= 15 is 0 Å². The Bertz CT molecular complexity index is 921. The van der Waals surface area contributed by atoms with Crippen molar-refractivity contribution in [1.29, 1.82) is 0 Å². The van der Waals surface area contributed by atoms with Gasteiger partial charge >= 0.3 is 5.97 Å². The topological polar surface area (TPSA) is 86.7 Å². The van der Waals surface area contributed by atoms with E-state index in [1.54, 1.807) is 6.92 Å². The number of ether oxygens (including phenoxy) is 2. The molecule has 2 aromatic carbocycles. The fraction of sp³-hybridized carbons (Fsp3) is 0.227. The molecule has 0 amide bonds. The molecule has 1 heterocycles. The van der Waals surface area contributed by atoms with Crippen LogP contribution < -0.4 is 5.73 Å². The van der Waals surface area contributed by atoms with E-state index in [0.29, 0.717) is 22.6 Å². The van der Waals surface area contributed by atoms with E-state index in [-0.39, 0.29) is 26.6 Å². The molecule has 146 valence electrons. The minimum absolute atomic E-state index is 0.0944. The first kappa shape index (κ1) is 19.7. The molecule has 0 radical (unpaired) electrons. The Kier molecular flexibility index (Phi) is 6.47. The van der Waals surface area contributed by atoms with Gasteiger partial charge in [-0.3, -0.25) is 0 Å². The van der Waals surface area contributed by atoms with Gasteiger partial charge in [0.2, 0.25) is 0 Å². The lowest BCUT2D eigenvalue weighted by Gasteiger charge is -2.15. The molecule has 0 saturated carbocycles. The van der Waals surface area contributed by atoms with Gasteiger partial charge in [0.05, 0.1) is 36.9 Å². The number of carbonyl (C=O) groups is 1. The maximum absolute atomic E-state index is 12.8. The third-order valence-electron chi connectivity index (χ3n) is 4.33. The Morgan fingerprint density at radius 1 is 1.00 bits per heavy atom. The minimum atomic E-state index is -0.475. The van der Waals surface area contributed by atoms with E-state index in [1.807, 2.05) is 65.2 Å². The van der Waals surface area contributed by atoms with Crippen molar-refractivity contribution in [2.24, 2.45) is 0 Å². The van der Waals surface area contributed by atoms with Crippen LogP contribution in [0.3, 0.4) is 0 Å². The quantitative estimate of drug-likeness (QED) is 0.461. The molecule has 28 heavy (non-hydrogen) atoms. The number of nitrogens with two attached hydrogens (primary N) is 1. The Morgan fingerprint density at radius 3 is 2.11 bits per heavy atom. The molecule has 0 unspecified atom stereocenters. The van der Waals surface area contributed by atoms with Crippen LogP contribution in [0.1, 0.15) is 17.3 Å². The number of carbonyl (C=O) groups excluding carboxylic acids is 1. The van der Waals surface area contributed by atoms with E-state index in [0.717, 1.165) is 11.1 Å². The molecule has 0 aliphatic carbocycles. The van der Waals surface area contributed by atoms with Crippen molar-refractivity contribution in [2.75, 3.05) is 25.6 Å². The van der Waals surface area contributed by atoms with Crippen LogP contribution in [0.15, 0.2) is 60.7 Å². The van der Waals surface area contributed by atoms with Gasteiger partial charge in [-0.2, -0.15) is 0 Å². The number of aromatic nitrogens is 1. The van der Waals surface area contributed by atoms with Gasteiger partial charge in [-0.15, -0.1) is 0 Å². The smallest absolute Gasteiger partial charge is 0.342 e. The summed E-state index contributed by atoms with van der Waals surface area (Å²) >= 11 is 0. The van der Waals surface area contributed by atoms with Gasteiger partial charge in [0.25, 0.3) is 0 Å². The highest BCUT2D eigenvalue weighted by molar-refractivity contribution is 6.06. The number of aliphatic hydroxyl groups is 1. The second-order valence-electron chi connectivity index (χ2n) is 6.13. The Labute approximate surface area is 164 Å². The zero-order valence-electron chi connectivity index (χ0n) is 15.8. The Balaban J connectivity index is 2.28. The third-order valence-corrected chi connectivity index (χ3v) is 4.33. The maximum atomic E-state index is 12.8. The van der Waals surface area contributed by atoms with Crippen LogP contribution in [0.4, 0.5) is 5.69 Å². The molecule has 0 bridgehead atoms. The summed E-state index contributed by atoms with van der Waals surface area (Å²) in [5, 5.41) is 9.10. The largest absolute Gasteiger partial charge is 0.462 e. The molecule has 0 atom stereocenters. The molecule has 0 aliphatic heterocycles. The van der Waals surface area contributed by atoms with Crippen molar-refractivity contribution < 1.29 is 19.4 Å². The second kappa shape index (κ2) is 9.21. The monoisotopic (exact) mass is 380 g/mol. The number of hydrogen-bond acceptors (Lipinski definition) is 5. The second-order valence-corrected chi connectivity index (χ2v) is 6.13. The summed E-state index contributed by atoms with van der Waals surface area (Å²) in [7, 11) is 0. The van der Waals surface area contributed by atoms with Crippen molar-refractivity contribution >= 4 is 11.7 Å². The predicted molar refractivity (Wildman–Crippen MR) is 109 cm³/mol. The standard InChI is InChI=1S/C22H24N2O4/c1-2-28-22(26)18-19(23)21(17-11-7-4-8-12-17)24(15-27-14-13-25)20(18)16-9-5-3-6-10-16/h3-12,25H,2,13-15,23H2,1H3. The number of benzene rings is 2. The van der Waals surface area contributed by atoms with Crippen molar-refractivity contribution in [3.8, 4) is 22.5 Å². The maximum Gasteiger partial charge on any atom is 0.342 e. The van der Waals surface area contributed by atoms with Crippen molar-refractivity contribution in [3.63, 3.8) is 0 Å². The summed E-state index contributed by atoms with van der Waals surface area (Å²) in [5.74, 6) is -0.475. The Morgan fingerprint density at radius 2 is 1.57 bits per heavy atom. The van der Waals surface area contributed by atoms with Crippen molar-refractivity contribution in [2.45, 2.75) is 13.7 Å². The third kappa shape index (κ3) is 3.93. The molecule has 1 aromatic heterocycles. The van der Waals surface area contributed by atoms with Gasteiger partial charge in [0.1, 0.15) is 12.3 Å². The minimum Gasteiger partial charge on any atom is -0.462 e. The predicted octanol–water partition coefficient (Wildman–Crippen LogP) is 3.55. The van der Waals surface area contributed by atoms with Crippen LogP contribution >= 0.6 is 0 Å². The number of hydrogen-bond donors (Lipinski definition) is 2. The van der Waals surface area contributed by atoms with E-state index in [9.17, 15) is 4.79 Å². The Hall–Kier alpha value is -3.09. The zero-order chi connectivity index (χ0) is 19.9. The lowest BCUT2D eigenvalue weighted by molar-refractivity contribution is 0.0489. The van der Waals surface area contributed by atoms with Crippen LogP contribution in [0.5, 0.6) is 0 Å². The van der Waals surface area contributed by atoms with Crippen LogP contribution in [0, 0.1) is 0 Å². The summed E-state index contributed by atoms with van der Waals surface area (Å²) in [6.07, 6.45) is 0. The molecule has 6 nitrogen and oxygen atoms in total. The molecule has 0 fully saturated rings. The lowest BCUT2D eigenvalue weighted by atomic mass is 10.1. The SMILES string of the molecule is CCOC(=O)c1c(N)c(-c2ccccc2)n(COCCO)c1-c1ccccc1. The first-order chi connectivity index (χ1) is 13.7. The molecule has 0 aliphatic rings. The summed E-state index contributed by atoms with van der Waals surface area (Å²) in [5.41, 5.74) is 10.1. The van der Waals surface area contributed by atoms with Crippen LogP contribution in [-0.4, -0.2) is 35.5 Å². The van der Waals surface area contributed by atoms with E-state index in [4.69, 9.17) is 20.3 Å². The molecule has 0 spiro atoms. The van der Waals surface area contributed by atoms with Crippen molar-refractivity contribution in [1.82, 2.24) is 4.57 Å². The summed E-state index contributed by atoms with van der Waals surface area (Å²) in [6.45, 7) is 2.23. The summed E-state index contributed by atoms with van der Waals surface area (Å²) < 4.78 is 12.8. The average molecular weight is 380 g/mol. The van der Waals surface area contributed by atoms with Crippen LogP contribution in [0.25, 0.3) is 22.5 Å². The first-order valence-corrected chi connectivity index (χ1v) is 9.17. The zero-order valence-corrected chi connectivity index (χ0v) is 15.8. The normalized spacial score (nSPS) is 10.8. The number of esters is 1. The molecular weight excluding hydrogens is 356 g/mol. The lowest BCUT2D eigenvalue weighted by Crippen LogP contribution is -2.11. The highest BCUT2D eigenvalue weighted by atomic mass is 16.5. The van der Waals surface area contributed by atoms with Crippen LogP contribution in [0.2, 0.25) is 0 Å². The van der Waals surface area contributed by atoms with Gasteiger partial charge in [-0.25, -0.2) is 4.79 Å².